The third kappa shape index (κ3) is 2.78. The van der Waals surface area contributed by atoms with Crippen LogP contribution in [-0.4, -0.2) is 12.2 Å². The van der Waals surface area contributed by atoms with E-state index in [-0.39, 0.29) is 6.10 Å². The number of aliphatic hydroxyl groups excluding tert-OH is 1. The lowest BCUT2D eigenvalue weighted by Gasteiger charge is -2.30. The molecule has 2 aromatic carbocycles. The molecule has 4 heteroatoms. The largest absolute Gasteiger partial charge is 0.497 e. The van der Waals surface area contributed by atoms with Gasteiger partial charge in [0.1, 0.15) is 17.6 Å². The van der Waals surface area contributed by atoms with E-state index in [1.54, 1.807) is 7.11 Å². The van der Waals surface area contributed by atoms with Crippen LogP contribution in [-0.2, 0) is 0 Å². The molecule has 3 rings (SSSR count). The van der Waals surface area contributed by atoms with Crippen molar-refractivity contribution in [2.75, 3.05) is 7.11 Å². The summed E-state index contributed by atoms with van der Waals surface area (Å²) < 4.78 is 12.3. The van der Waals surface area contributed by atoms with Crippen LogP contribution in [0.5, 0.6) is 11.5 Å². The van der Waals surface area contributed by atoms with Crippen molar-refractivity contribution in [2.24, 2.45) is 0 Å². The standard InChI is InChI=1S/C17H17BrO3/c1-10-3-5-12(14(18)7-10)17-9-15(19)13-8-11(20-2)4-6-16(13)21-17/h3-8,15,17,19H,9H2,1-2H3. The van der Waals surface area contributed by atoms with Crippen molar-refractivity contribution in [2.45, 2.75) is 25.6 Å². The van der Waals surface area contributed by atoms with Crippen LogP contribution in [0.15, 0.2) is 40.9 Å². The van der Waals surface area contributed by atoms with E-state index in [9.17, 15) is 5.11 Å². The Labute approximate surface area is 132 Å². The van der Waals surface area contributed by atoms with Crippen LogP contribution in [0.25, 0.3) is 0 Å². The Morgan fingerprint density at radius 1 is 1.19 bits per heavy atom. The molecule has 2 aromatic rings. The molecule has 0 saturated heterocycles. The SMILES string of the molecule is COc1ccc2c(c1)C(O)CC(c1ccc(C)cc1Br)O2. The number of benzene rings is 2. The fourth-order valence-corrected chi connectivity index (χ4v) is 3.38. The van der Waals surface area contributed by atoms with Gasteiger partial charge in [-0.3, -0.25) is 0 Å². The van der Waals surface area contributed by atoms with Crippen LogP contribution in [0.4, 0.5) is 0 Å². The number of halogens is 1. The maximum Gasteiger partial charge on any atom is 0.128 e. The second-order valence-corrected chi connectivity index (χ2v) is 6.14. The average Bonchev–Trinajstić information content (AvgIpc) is 2.47. The van der Waals surface area contributed by atoms with Gasteiger partial charge in [-0.1, -0.05) is 28.1 Å². The average molecular weight is 349 g/mol. The van der Waals surface area contributed by atoms with E-state index < -0.39 is 6.10 Å². The summed E-state index contributed by atoms with van der Waals surface area (Å²) >= 11 is 3.58. The molecule has 1 N–H and O–H groups in total. The lowest BCUT2D eigenvalue weighted by Crippen LogP contribution is -2.19. The van der Waals surface area contributed by atoms with E-state index in [0.29, 0.717) is 12.2 Å². The van der Waals surface area contributed by atoms with Crippen LogP contribution in [0, 0.1) is 6.92 Å². The lowest BCUT2D eigenvalue weighted by atomic mass is 9.94. The molecule has 1 heterocycles. The van der Waals surface area contributed by atoms with E-state index in [2.05, 4.69) is 28.1 Å². The van der Waals surface area contributed by atoms with Gasteiger partial charge in [-0.25, -0.2) is 0 Å². The van der Waals surface area contributed by atoms with Gasteiger partial charge < -0.3 is 14.6 Å². The maximum absolute atomic E-state index is 10.4. The zero-order chi connectivity index (χ0) is 15.0. The van der Waals surface area contributed by atoms with Gasteiger partial charge in [0.2, 0.25) is 0 Å². The number of rotatable bonds is 2. The second-order valence-electron chi connectivity index (χ2n) is 5.29. The quantitative estimate of drug-likeness (QED) is 0.877. The molecule has 0 saturated carbocycles. The predicted molar refractivity (Wildman–Crippen MR) is 84.8 cm³/mol. The number of aryl methyl sites for hydroxylation is 1. The first-order valence-electron chi connectivity index (χ1n) is 6.87. The summed E-state index contributed by atoms with van der Waals surface area (Å²) in [5.74, 6) is 1.44. The highest BCUT2D eigenvalue weighted by molar-refractivity contribution is 9.10. The number of hydrogen-bond acceptors (Lipinski definition) is 3. The third-order valence-corrected chi connectivity index (χ3v) is 4.47. The molecule has 2 unspecified atom stereocenters. The highest BCUT2D eigenvalue weighted by Gasteiger charge is 2.29. The molecule has 3 nitrogen and oxygen atoms in total. The minimum Gasteiger partial charge on any atom is -0.497 e. The minimum atomic E-state index is -0.554. The zero-order valence-electron chi connectivity index (χ0n) is 12.0. The monoisotopic (exact) mass is 348 g/mol. The first kappa shape index (κ1) is 14.4. The van der Waals surface area contributed by atoms with Crippen LogP contribution in [0.1, 0.15) is 35.3 Å². The number of methoxy groups -OCH3 is 1. The Morgan fingerprint density at radius 3 is 2.71 bits per heavy atom. The summed E-state index contributed by atoms with van der Waals surface area (Å²) in [5, 5.41) is 10.4. The zero-order valence-corrected chi connectivity index (χ0v) is 13.6. The molecule has 0 amide bonds. The molecule has 0 radical (unpaired) electrons. The Hall–Kier alpha value is -1.52. The van der Waals surface area contributed by atoms with Crippen LogP contribution in [0.3, 0.4) is 0 Å². The van der Waals surface area contributed by atoms with E-state index in [0.717, 1.165) is 21.3 Å². The minimum absolute atomic E-state index is 0.157. The van der Waals surface area contributed by atoms with E-state index in [1.807, 2.05) is 31.2 Å². The number of hydrogen-bond donors (Lipinski definition) is 1. The van der Waals surface area contributed by atoms with Crippen LogP contribution < -0.4 is 9.47 Å². The van der Waals surface area contributed by atoms with Crippen molar-refractivity contribution in [3.8, 4) is 11.5 Å². The molecule has 0 spiro atoms. The highest BCUT2D eigenvalue weighted by atomic mass is 79.9. The van der Waals surface area contributed by atoms with Crippen molar-refractivity contribution in [1.29, 1.82) is 0 Å². The van der Waals surface area contributed by atoms with Gasteiger partial charge in [-0.15, -0.1) is 0 Å². The molecule has 1 aliphatic rings. The van der Waals surface area contributed by atoms with Crippen molar-refractivity contribution >= 4 is 15.9 Å². The fraction of sp³-hybridized carbons (Fsp3) is 0.294. The molecule has 2 atom stereocenters. The molecule has 0 fully saturated rings. The Bertz CT molecular complexity index is 669. The summed E-state index contributed by atoms with van der Waals surface area (Å²) in [6, 6.07) is 11.7. The van der Waals surface area contributed by atoms with Crippen molar-refractivity contribution in [1.82, 2.24) is 0 Å². The number of fused-ring (bicyclic) bond motifs is 1. The molecule has 21 heavy (non-hydrogen) atoms. The van der Waals surface area contributed by atoms with E-state index >= 15 is 0 Å². The molecule has 0 bridgehead atoms. The molecule has 0 aliphatic carbocycles. The van der Waals surface area contributed by atoms with Crippen molar-refractivity contribution in [3.05, 3.63) is 57.6 Å². The van der Waals surface area contributed by atoms with Gasteiger partial charge in [-0.05, 0) is 36.8 Å². The summed E-state index contributed by atoms with van der Waals surface area (Å²) in [6.45, 7) is 2.05. The van der Waals surface area contributed by atoms with Gasteiger partial charge in [0.25, 0.3) is 0 Å². The first-order valence-corrected chi connectivity index (χ1v) is 7.66. The van der Waals surface area contributed by atoms with E-state index in [4.69, 9.17) is 9.47 Å². The molecule has 110 valence electrons. The van der Waals surface area contributed by atoms with Gasteiger partial charge in [0.05, 0.1) is 13.2 Å². The smallest absolute Gasteiger partial charge is 0.128 e. The maximum atomic E-state index is 10.4. The highest BCUT2D eigenvalue weighted by Crippen LogP contribution is 2.43. The fourth-order valence-electron chi connectivity index (χ4n) is 2.64. The van der Waals surface area contributed by atoms with Crippen LogP contribution in [0.2, 0.25) is 0 Å². The first-order chi connectivity index (χ1) is 10.1. The molecule has 1 aliphatic heterocycles. The molecule has 0 aromatic heterocycles. The number of aliphatic hydroxyl groups is 1. The number of ether oxygens (including phenoxy) is 2. The van der Waals surface area contributed by atoms with E-state index in [1.165, 1.54) is 5.56 Å². The molecular formula is C17H17BrO3. The Morgan fingerprint density at radius 2 is 2.00 bits per heavy atom. The summed E-state index contributed by atoms with van der Waals surface area (Å²) in [5.41, 5.74) is 3.03. The summed E-state index contributed by atoms with van der Waals surface area (Å²) in [6.07, 6.45) is -0.181. The predicted octanol–water partition coefficient (Wildman–Crippen LogP) is 4.32. The Kier molecular flexibility index (Phi) is 3.91. The third-order valence-electron chi connectivity index (χ3n) is 3.79. The summed E-state index contributed by atoms with van der Waals surface area (Å²) in [7, 11) is 1.62. The van der Waals surface area contributed by atoms with Gasteiger partial charge in [0.15, 0.2) is 0 Å². The second kappa shape index (κ2) is 5.70. The van der Waals surface area contributed by atoms with Crippen molar-refractivity contribution in [3.63, 3.8) is 0 Å². The normalized spacial score (nSPS) is 20.6. The lowest BCUT2D eigenvalue weighted by molar-refractivity contribution is 0.0651. The van der Waals surface area contributed by atoms with Gasteiger partial charge in [0, 0.05) is 22.0 Å². The van der Waals surface area contributed by atoms with Gasteiger partial charge in [-0.2, -0.15) is 0 Å². The molecular weight excluding hydrogens is 332 g/mol. The van der Waals surface area contributed by atoms with Crippen LogP contribution >= 0.6 is 15.9 Å². The topological polar surface area (TPSA) is 38.7 Å². The summed E-state index contributed by atoms with van der Waals surface area (Å²) in [4.78, 5) is 0. The van der Waals surface area contributed by atoms with Gasteiger partial charge >= 0.3 is 0 Å². The Balaban J connectivity index is 1.94. The van der Waals surface area contributed by atoms with Crippen molar-refractivity contribution < 1.29 is 14.6 Å².